The molecule has 7 heteroatoms. The molecule has 156 valence electrons. The van der Waals surface area contributed by atoms with Crippen LogP contribution >= 0.6 is 12.6 Å². The van der Waals surface area contributed by atoms with E-state index < -0.39 is 6.04 Å². The van der Waals surface area contributed by atoms with E-state index in [2.05, 4.69) is 30.2 Å². The normalized spacial score (nSPS) is 17.8. The number of carbonyl (C=O) groups excluding carboxylic acids is 2. The van der Waals surface area contributed by atoms with Crippen molar-refractivity contribution in [1.29, 1.82) is 0 Å². The van der Waals surface area contributed by atoms with Crippen LogP contribution in [0.25, 0.3) is 10.8 Å². The van der Waals surface area contributed by atoms with Crippen molar-refractivity contribution in [3.05, 3.63) is 42.0 Å². The number of nitrogens with zero attached hydrogens (tertiary/aromatic N) is 1. The Hall–Kier alpha value is -2.25. The van der Waals surface area contributed by atoms with E-state index in [9.17, 15) is 9.59 Å². The van der Waals surface area contributed by atoms with E-state index >= 15 is 0 Å². The molecule has 1 fully saturated rings. The maximum atomic E-state index is 13.4. The van der Waals surface area contributed by atoms with E-state index in [0.717, 1.165) is 29.3 Å². The smallest absolute Gasteiger partial charge is 0.255 e. The van der Waals surface area contributed by atoms with Gasteiger partial charge in [0, 0.05) is 42.7 Å². The van der Waals surface area contributed by atoms with E-state index in [-0.39, 0.29) is 17.9 Å². The van der Waals surface area contributed by atoms with Gasteiger partial charge >= 0.3 is 0 Å². The minimum absolute atomic E-state index is 0.0211. The predicted molar refractivity (Wildman–Crippen MR) is 122 cm³/mol. The van der Waals surface area contributed by atoms with Crippen molar-refractivity contribution >= 4 is 40.9 Å². The number of hydrogen-bond donors (Lipinski definition) is 4. The van der Waals surface area contributed by atoms with Gasteiger partial charge in [-0.1, -0.05) is 38.0 Å². The Morgan fingerprint density at radius 1 is 1.38 bits per heavy atom. The van der Waals surface area contributed by atoms with Crippen LogP contribution in [0.2, 0.25) is 0 Å². The minimum atomic E-state index is -0.393. The number of nitrogens with one attached hydrogen (secondary N) is 2. The van der Waals surface area contributed by atoms with Crippen LogP contribution in [0.1, 0.15) is 36.5 Å². The summed E-state index contributed by atoms with van der Waals surface area (Å²) in [5, 5.41) is 8.08. The van der Waals surface area contributed by atoms with Gasteiger partial charge < -0.3 is 21.3 Å². The molecule has 1 aliphatic heterocycles. The van der Waals surface area contributed by atoms with Crippen LogP contribution in [0.15, 0.2) is 36.4 Å². The van der Waals surface area contributed by atoms with Crippen LogP contribution in [0.5, 0.6) is 0 Å². The SMILES string of the molecule is CCCCC1C(=O)NCCN1C(=O)c1cccc2cc(NCC(N)CS)ccc12. The molecule has 2 atom stereocenters. The summed E-state index contributed by atoms with van der Waals surface area (Å²) < 4.78 is 0. The highest BCUT2D eigenvalue weighted by atomic mass is 32.1. The zero-order valence-electron chi connectivity index (χ0n) is 16.9. The topological polar surface area (TPSA) is 87.5 Å². The van der Waals surface area contributed by atoms with Gasteiger partial charge in [-0.05, 0) is 35.4 Å². The van der Waals surface area contributed by atoms with E-state index in [0.29, 0.717) is 37.4 Å². The molecule has 1 aliphatic rings. The molecule has 2 aromatic carbocycles. The van der Waals surface area contributed by atoms with E-state index in [1.807, 2.05) is 36.4 Å². The molecule has 0 spiro atoms. The van der Waals surface area contributed by atoms with Crippen molar-refractivity contribution in [3.8, 4) is 0 Å². The van der Waals surface area contributed by atoms with Crippen LogP contribution in [0, 0.1) is 0 Å². The molecule has 0 radical (unpaired) electrons. The third-order valence-corrected chi connectivity index (χ3v) is 5.81. The second kappa shape index (κ2) is 9.98. The first kappa shape index (κ1) is 21.5. The maximum absolute atomic E-state index is 13.4. The molecule has 0 saturated carbocycles. The van der Waals surface area contributed by atoms with Gasteiger partial charge in [0.15, 0.2) is 0 Å². The lowest BCUT2D eigenvalue weighted by Crippen LogP contribution is -2.57. The number of carbonyl (C=O) groups is 2. The van der Waals surface area contributed by atoms with Crippen LogP contribution in [0.4, 0.5) is 5.69 Å². The summed E-state index contributed by atoms with van der Waals surface area (Å²) in [5.41, 5.74) is 7.51. The van der Waals surface area contributed by atoms with Crippen LogP contribution in [-0.4, -0.2) is 54.2 Å². The van der Waals surface area contributed by atoms with Crippen molar-refractivity contribution < 1.29 is 9.59 Å². The molecule has 29 heavy (non-hydrogen) atoms. The summed E-state index contributed by atoms with van der Waals surface area (Å²) in [5.74, 6) is 0.483. The lowest BCUT2D eigenvalue weighted by Gasteiger charge is -2.35. The number of amides is 2. The average Bonchev–Trinajstić information content (AvgIpc) is 2.75. The van der Waals surface area contributed by atoms with Gasteiger partial charge in [-0.25, -0.2) is 0 Å². The number of unbranched alkanes of at least 4 members (excludes halogenated alkanes) is 1. The predicted octanol–water partition coefficient (Wildman–Crippen LogP) is 2.64. The Morgan fingerprint density at radius 3 is 2.97 bits per heavy atom. The quantitative estimate of drug-likeness (QED) is 0.500. The molecule has 1 saturated heterocycles. The van der Waals surface area contributed by atoms with Crippen molar-refractivity contribution in [2.24, 2.45) is 5.73 Å². The molecule has 2 aromatic rings. The van der Waals surface area contributed by atoms with Gasteiger partial charge in [0.1, 0.15) is 6.04 Å². The molecule has 1 heterocycles. The van der Waals surface area contributed by atoms with Crippen molar-refractivity contribution in [2.75, 3.05) is 30.7 Å². The van der Waals surface area contributed by atoms with Crippen molar-refractivity contribution in [2.45, 2.75) is 38.3 Å². The highest BCUT2D eigenvalue weighted by Crippen LogP contribution is 2.25. The van der Waals surface area contributed by atoms with Crippen molar-refractivity contribution in [1.82, 2.24) is 10.2 Å². The molecule has 0 aliphatic carbocycles. The number of nitrogens with two attached hydrogens (primary N) is 1. The molecule has 3 rings (SSSR count). The van der Waals surface area contributed by atoms with Gasteiger partial charge in [-0.3, -0.25) is 9.59 Å². The van der Waals surface area contributed by atoms with Gasteiger partial charge in [0.05, 0.1) is 0 Å². The summed E-state index contributed by atoms with van der Waals surface area (Å²) >= 11 is 4.21. The standard InChI is InChI=1S/C22H30N4O2S/c1-2-3-7-20-21(27)24-10-11-26(20)22(28)19-6-4-5-15-12-17(8-9-18(15)19)25-13-16(23)14-29/h4-6,8-9,12,16,20,25,29H,2-3,7,10-11,13-14,23H2,1H3,(H,24,27). The second-order valence-electron chi connectivity index (χ2n) is 7.51. The fourth-order valence-corrected chi connectivity index (χ4v) is 3.82. The second-order valence-corrected chi connectivity index (χ2v) is 7.88. The van der Waals surface area contributed by atoms with Gasteiger partial charge in [-0.2, -0.15) is 12.6 Å². The molecule has 0 bridgehead atoms. The Kier molecular flexibility index (Phi) is 7.39. The summed E-state index contributed by atoms with van der Waals surface area (Å²) in [6, 6.07) is 11.3. The Bertz CT molecular complexity index is 873. The highest BCUT2D eigenvalue weighted by molar-refractivity contribution is 7.80. The van der Waals surface area contributed by atoms with Crippen LogP contribution in [-0.2, 0) is 4.79 Å². The minimum Gasteiger partial charge on any atom is -0.383 e. The van der Waals surface area contributed by atoms with Gasteiger partial charge in [-0.15, -0.1) is 0 Å². The number of rotatable bonds is 8. The summed E-state index contributed by atoms with van der Waals surface area (Å²) in [6.07, 6.45) is 2.60. The Labute approximate surface area is 177 Å². The first-order valence-electron chi connectivity index (χ1n) is 10.3. The van der Waals surface area contributed by atoms with Crippen LogP contribution < -0.4 is 16.4 Å². The largest absolute Gasteiger partial charge is 0.383 e. The molecular weight excluding hydrogens is 384 g/mol. The molecule has 4 N–H and O–H groups in total. The van der Waals surface area contributed by atoms with Gasteiger partial charge in [0.25, 0.3) is 5.91 Å². The van der Waals surface area contributed by atoms with E-state index in [1.54, 1.807) is 4.90 Å². The fourth-order valence-electron chi connectivity index (χ4n) is 3.69. The Morgan fingerprint density at radius 2 is 2.21 bits per heavy atom. The van der Waals surface area contributed by atoms with Gasteiger partial charge in [0.2, 0.25) is 5.91 Å². The van der Waals surface area contributed by atoms with E-state index in [4.69, 9.17) is 5.73 Å². The number of thiol groups is 1. The monoisotopic (exact) mass is 414 g/mol. The lowest BCUT2D eigenvalue weighted by molar-refractivity contribution is -0.128. The third kappa shape index (κ3) is 5.03. The molecule has 2 amide bonds. The van der Waals surface area contributed by atoms with Crippen LogP contribution in [0.3, 0.4) is 0 Å². The highest BCUT2D eigenvalue weighted by Gasteiger charge is 2.33. The molecule has 6 nitrogen and oxygen atoms in total. The number of hydrogen-bond acceptors (Lipinski definition) is 5. The molecule has 2 unspecified atom stereocenters. The first-order chi connectivity index (χ1) is 14.0. The number of benzene rings is 2. The summed E-state index contributed by atoms with van der Waals surface area (Å²) in [6.45, 7) is 3.76. The zero-order chi connectivity index (χ0) is 20.8. The van der Waals surface area contributed by atoms with E-state index in [1.165, 1.54) is 0 Å². The molecular formula is C22H30N4O2S. The summed E-state index contributed by atoms with van der Waals surface area (Å²) in [7, 11) is 0. The van der Waals surface area contributed by atoms with Crippen molar-refractivity contribution in [3.63, 3.8) is 0 Å². The number of piperazine rings is 1. The molecule has 0 aromatic heterocycles. The lowest BCUT2D eigenvalue weighted by atomic mass is 10.00. The Balaban J connectivity index is 1.86. The number of fused-ring (bicyclic) bond motifs is 1. The zero-order valence-corrected chi connectivity index (χ0v) is 17.8. The maximum Gasteiger partial charge on any atom is 0.255 e. The number of anilines is 1. The summed E-state index contributed by atoms with van der Waals surface area (Å²) in [4.78, 5) is 27.5. The first-order valence-corrected chi connectivity index (χ1v) is 10.9. The fraction of sp³-hybridized carbons (Fsp3) is 0.455. The average molecular weight is 415 g/mol. The third-order valence-electron chi connectivity index (χ3n) is 5.34.